The van der Waals surface area contributed by atoms with Gasteiger partial charge in [0.05, 0.1) is 0 Å². The first-order valence-electron chi connectivity index (χ1n) is 7.21. The summed E-state index contributed by atoms with van der Waals surface area (Å²) in [5.41, 5.74) is 2.41. The van der Waals surface area contributed by atoms with Crippen molar-refractivity contribution >= 4 is 22.9 Å². The molecule has 0 aliphatic heterocycles. The molecule has 108 valence electrons. The Labute approximate surface area is 131 Å². The Morgan fingerprint density at radius 1 is 1.15 bits per heavy atom. The second-order valence-corrected chi connectivity index (χ2v) is 6.70. The minimum absolute atomic E-state index is 0.335. The van der Waals surface area contributed by atoms with Crippen LogP contribution in [0.3, 0.4) is 0 Å². The second kappa shape index (κ2) is 7.26. The van der Waals surface area contributed by atoms with Gasteiger partial charge in [0.25, 0.3) is 0 Å². The van der Waals surface area contributed by atoms with Gasteiger partial charge in [0.2, 0.25) is 0 Å². The molecule has 3 heteroatoms. The SMILES string of the molecule is CCNC(Cc1ccc(CC)s1)c1ccc(C)c(Cl)c1. The Bertz CT molecular complexity index is 562. The molecule has 0 spiro atoms. The van der Waals surface area contributed by atoms with Gasteiger partial charge in [-0.05, 0) is 49.2 Å². The fourth-order valence-electron chi connectivity index (χ4n) is 2.30. The maximum absolute atomic E-state index is 6.26. The molecule has 0 aliphatic rings. The number of hydrogen-bond donors (Lipinski definition) is 1. The van der Waals surface area contributed by atoms with Gasteiger partial charge in [-0.1, -0.05) is 37.6 Å². The molecule has 0 bridgehead atoms. The van der Waals surface area contributed by atoms with Gasteiger partial charge in [-0.3, -0.25) is 0 Å². The van der Waals surface area contributed by atoms with Crippen molar-refractivity contribution in [3.05, 3.63) is 56.2 Å². The number of halogens is 1. The van der Waals surface area contributed by atoms with Gasteiger partial charge in [0, 0.05) is 27.2 Å². The fourth-order valence-corrected chi connectivity index (χ4v) is 3.50. The fraction of sp³-hybridized carbons (Fsp3) is 0.412. The first kappa shape index (κ1) is 15.6. The standard InChI is InChI=1S/C17H22ClNS/c1-4-14-8-9-15(20-14)11-17(19-5-2)13-7-6-12(3)16(18)10-13/h6-10,17,19H,4-5,11H2,1-3H3. The van der Waals surface area contributed by atoms with Crippen molar-refractivity contribution in [2.45, 2.75) is 39.7 Å². The van der Waals surface area contributed by atoms with Crippen molar-refractivity contribution in [3.8, 4) is 0 Å². The molecule has 0 amide bonds. The molecule has 1 nitrogen and oxygen atoms in total. The van der Waals surface area contributed by atoms with E-state index in [2.05, 4.69) is 49.5 Å². The van der Waals surface area contributed by atoms with Gasteiger partial charge < -0.3 is 5.32 Å². The van der Waals surface area contributed by atoms with E-state index in [1.54, 1.807) is 0 Å². The summed E-state index contributed by atoms with van der Waals surface area (Å²) in [4.78, 5) is 2.89. The lowest BCUT2D eigenvalue weighted by atomic mass is 10.0. The molecule has 20 heavy (non-hydrogen) atoms. The Morgan fingerprint density at radius 2 is 1.90 bits per heavy atom. The molecule has 0 saturated heterocycles. The average Bonchev–Trinajstić information content (AvgIpc) is 2.89. The highest BCUT2D eigenvalue weighted by Crippen LogP contribution is 2.27. The first-order valence-corrected chi connectivity index (χ1v) is 8.40. The van der Waals surface area contributed by atoms with E-state index in [0.717, 1.165) is 30.0 Å². The number of rotatable bonds is 6. The van der Waals surface area contributed by atoms with E-state index in [1.165, 1.54) is 15.3 Å². The van der Waals surface area contributed by atoms with Crippen LogP contribution in [0.2, 0.25) is 5.02 Å². The third kappa shape index (κ3) is 3.85. The predicted octanol–water partition coefficient (Wildman–Crippen LogP) is 5.17. The molecule has 1 atom stereocenters. The zero-order valence-electron chi connectivity index (χ0n) is 12.4. The van der Waals surface area contributed by atoms with Crippen molar-refractivity contribution in [2.24, 2.45) is 0 Å². The molecular formula is C17H22ClNS. The number of benzene rings is 1. The van der Waals surface area contributed by atoms with Crippen LogP contribution in [0.4, 0.5) is 0 Å². The van der Waals surface area contributed by atoms with Gasteiger partial charge in [-0.25, -0.2) is 0 Å². The zero-order valence-corrected chi connectivity index (χ0v) is 13.9. The van der Waals surface area contributed by atoms with Crippen LogP contribution in [0.5, 0.6) is 0 Å². The lowest BCUT2D eigenvalue weighted by molar-refractivity contribution is 0.553. The third-order valence-corrected chi connectivity index (χ3v) is 5.18. The van der Waals surface area contributed by atoms with Crippen LogP contribution in [0, 0.1) is 6.92 Å². The highest BCUT2D eigenvalue weighted by Gasteiger charge is 2.13. The largest absolute Gasteiger partial charge is 0.310 e. The lowest BCUT2D eigenvalue weighted by Gasteiger charge is -2.18. The minimum atomic E-state index is 0.335. The quantitative estimate of drug-likeness (QED) is 0.776. The summed E-state index contributed by atoms with van der Waals surface area (Å²) in [6.07, 6.45) is 2.14. The van der Waals surface area contributed by atoms with Crippen LogP contribution >= 0.6 is 22.9 Å². The van der Waals surface area contributed by atoms with Crippen LogP contribution in [0.1, 0.15) is 40.8 Å². The monoisotopic (exact) mass is 307 g/mol. The number of hydrogen-bond acceptors (Lipinski definition) is 2. The smallest absolute Gasteiger partial charge is 0.0438 e. The molecule has 2 rings (SSSR count). The summed E-state index contributed by atoms with van der Waals surface area (Å²) in [5.74, 6) is 0. The van der Waals surface area contributed by atoms with Crippen LogP contribution in [0.15, 0.2) is 30.3 Å². The number of aryl methyl sites for hydroxylation is 2. The van der Waals surface area contributed by atoms with Crippen molar-refractivity contribution in [1.29, 1.82) is 0 Å². The molecule has 1 N–H and O–H groups in total. The van der Waals surface area contributed by atoms with E-state index in [0.29, 0.717) is 6.04 Å². The van der Waals surface area contributed by atoms with Crippen LogP contribution in [-0.4, -0.2) is 6.54 Å². The van der Waals surface area contributed by atoms with Gasteiger partial charge >= 0.3 is 0 Å². The molecule has 0 fully saturated rings. The summed E-state index contributed by atoms with van der Waals surface area (Å²) in [5, 5.41) is 4.42. The predicted molar refractivity (Wildman–Crippen MR) is 90.0 cm³/mol. The molecular weight excluding hydrogens is 286 g/mol. The highest BCUT2D eigenvalue weighted by molar-refractivity contribution is 7.11. The third-order valence-electron chi connectivity index (χ3n) is 3.52. The Hall–Kier alpha value is -0.830. The minimum Gasteiger partial charge on any atom is -0.310 e. The van der Waals surface area contributed by atoms with E-state index in [4.69, 9.17) is 11.6 Å². The summed E-state index contributed by atoms with van der Waals surface area (Å²) in [6, 6.07) is 11.2. The van der Waals surface area contributed by atoms with Crippen molar-refractivity contribution in [1.82, 2.24) is 5.32 Å². The van der Waals surface area contributed by atoms with Gasteiger partial charge in [-0.15, -0.1) is 11.3 Å². The Morgan fingerprint density at radius 3 is 2.50 bits per heavy atom. The first-order chi connectivity index (χ1) is 9.63. The number of nitrogens with one attached hydrogen (secondary N) is 1. The maximum Gasteiger partial charge on any atom is 0.0438 e. The highest BCUT2D eigenvalue weighted by atomic mass is 35.5. The topological polar surface area (TPSA) is 12.0 Å². The van der Waals surface area contributed by atoms with E-state index >= 15 is 0 Å². The lowest BCUT2D eigenvalue weighted by Crippen LogP contribution is -2.22. The summed E-state index contributed by atoms with van der Waals surface area (Å²) >= 11 is 8.18. The molecule has 2 aromatic rings. The summed E-state index contributed by atoms with van der Waals surface area (Å²) in [6.45, 7) is 7.36. The van der Waals surface area contributed by atoms with Gasteiger partial charge in [-0.2, -0.15) is 0 Å². The number of thiophene rings is 1. The molecule has 1 unspecified atom stereocenters. The molecule has 0 radical (unpaired) electrons. The van der Waals surface area contributed by atoms with E-state index in [1.807, 2.05) is 18.3 Å². The summed E-state index contributed by atoms with van der Waals surface area (Å²) < 4.78 is 0. The normalized spacial score (nSPS) is 12.6. The molecule has 1 aromatic carbocycles. The van der Waals surface area contributed by atoms with Crippen LogP contribution in [0.25, 0.3) is 0 Å². The number of likely N-dealkylation sites (N-methyl/N-ethyl adjacent to an activating group) is 1. The zero-order chi connectivity index (χ0) is 14.5. The average molecular weight is 308 g/mol. The van der Waals surface area contributed by atoms with Crippen molar-refractivity contribution in [3.63, 3.8) is 0 Å². The molecule has 1 aromatic heterocycles. The Kier molecular flexibility index (Phi) is 5.64. The van der Waals surface area contributed by atoms with Gasteiger partial charge in [0.1, 0.15) is 0 Å². The summed E-state index contributed by atoms with van der Waals surface area (Å²) in [7, 11) is 0. The van der Waals surface area contributed by atoms with Crippen LogP contribution < -0.4 is 5.32 Å². The Balaban J connectivity index is 2.19. The van der Waals surface area contributed by atoms with Crippen LogP contribution in [-0.2, 0) is 12.8 Å². The van der Waals surface area contributed by atoms with E-state index in [9.17, 15) is 0 Å². The van der Waals surface area contributed by atoms with E-state index in [-0.39, 0.29) is 0 Å². The molecule has 1 heterocycles. The second-order valence-electron chi connectivity index (χ2n) is 5.04. The van der Waals surface area contributed by atoms with Crippen molar-refractivity contribution in [2.75, 3.05) is 6.54 Å². The van der Waals surface area contributed by atoms with E-state index < -0.39 is 0 Å². The van der Waals surface area contributed by atoms with Crippen molar-refractivity contribution < 1.29 is 0 Å². The molecule has 0 aliphatic carbocycles. The molecule has 0 saturated carbocycles. The van der Waals surface area contributed by atoms with Gasteiger partial charge in [0.15, 0.2) is 0 Å². The maximum atomic E-state index is 6.26.